The van der Waals surface area contributed by atoms with Gasteiger partial charge in [-0.25, -0.2) is 0 Å². The van der Waals surface area contributed by atoms with Crippen LogP contribution in [0.2, 0.25) is 0 Å². The zero-order valence-electron chi connectivity index (χ0n) is 10.5. The van der Waals surface area contributed by atoms with Crippen molar-refractivity contribution in [3.05, 3.63) is 28.3 Å². The summed E-state index contributed by atoms with van der Waals surface area (Å²) in [5.74, 6) is -0.266. The van der Waals surface area contributed by atoms with Crippen molar-refractivity contribution in [2.24, 2.45) is 0 Å². The van der Waals surface area contributed by atoms with Crippen LogP contribution in [0.1, 0.15) is 13.3 Å². The normalized spacial score (nSPS) is 17.4. The number of benzene rings is 1. The number of hydrogen-bond donors (Lipinski definition) is 2. The van der Waals surface area contributed by atoms with E-state index in [1.165, 1.54) is 13.0 Å². The van der Waals surface area contributed by atoms with Crippen LogP contribution in [0.4, 0.5) is 17.1 Å². The zero-order valence-corrected chi connectivity index (χ0v) is 10.5. The lowest BCUT2D eigenvalue weighted by Crippen LogP contribution is -2.33. The highest BCUT2D eigenvalue weighted by atomic mass is 16.6. The molecule has 2 rings (SSSR count). The Hall–Kier alpha value is -2.15. The number of hydrogen-bond acceptors (Lipinski definition) is 5. The third-order valence-corrected chi connectivity index (χ3v) is 2.83. The van der Waals surface area contributed by atoms with E-state index in [0.29, 0.717) is 17.9 Å². The summed E-state index contributed by atoms with van der Waals surface area (Å²) in [7, 11) is 0. The quantitative estimate of drug-likeness (QED) is 0.625. The molecule has 1 aromatic rings. The van der Waals surface area contributed by atoms with E-state index < -0.39 is 4.92 Å². The van der Waals surface area contributed by atoms with Crippen molar-refractivity contribution >= 4 is 23.0 Å². The smallest absolute Gasteiger partial charge is 0.294 e. The second-order valence-electron chi connectivity index (χ2n) is 4.33. The Balaban J connectivity index is 2.11. The molecule has 1 atom stereocenters. The average molecular weight is 265 g/mol. The van der Waals surface area contributed by atoms with Crippen molar-refractivity contribution in [2.75, 3.05) is 23.8 Å². The molecule has 1 aliphatic heterocycles. The topological polar surface area (TPSA) is 93.5 Å². The molecule has 1 aromatic carbocycles. The summed E-state index contributed by atoms with van der Waals surface area (Å²) >= 11 is 0. The number of carbonyl (C=O) groups is 1. The Morgan fingerprint density at radius 2 is 2.32 bits per heavy atom. The Kier molecular flexibility index (Phi) is 3.96. The molecule has 2 N–H and O–H groups in total. The van der Waals surface area contributed by atoms with E-state index >= 15 is 0 Å². The van der Waals surface area contributed by atoms with Gasteiger partial charge in [0.2, 0.25) is 5.91 Å². The lowest BCUT2D eigenvalue weighted by Gasteiger charge is -2.26. The molecule has 0 aliphatic carbocycles. The molecule has 0 aromatic heterocycles. The molecule has 1 amide bonds. The maximum atomic E-state index is 11.0. The summed E-state index contributed by atoms with van der Waals surface area (Å²) in [5.41, 5.74) is 0.768. The molecule has 1 heterocycles. The first kappa shape index (κ1) is 13.3. The Morgan fingerprint density at radius 1 is 1.58 bits per heavy atom. The fourth-order valence-corrected chi connectivity index (χ4v) is 1.78. The summed E-state index contributed by atoms with van der Waals surface area (Å²) in [6.45, 7) is 2.64. The summed E-state index contributed by atoms with van der Waals surface area (Å²) in [4.78, 5) is 21.5. The van der Waals surface area contributed by atoms with Gasteiger partial charge in [0.15, 0.2) is 0 Å². The second-order valence-corrected chi connectivity index (χ2v) is 4.33. The fraction of sp³-hybridized carbons (Fsp3) is 0.417. The maximum absolute atomic E-state index is 11.0. The van der Waals surface area contributed by atoms with Gasteiger partial charge in [0.25, 0.3) is 5.69 Å². The van der Waals surface area contributed by atoms with E-state index in [-0.39, 0.29) is 17.7 Å². The van der Waals surface area contributed by atoms with Crippen LogP contribution in [-0.4, -0.2) is 30.1 Å². The Morgan fingerprint density at radius 3 is 2.84 bits per heavy atom. The number of rotatable bonds is 5. The third-order valence-electron chi connectivity index (χ3n) is 2.83. The molecule has 1 saturated heterocycles. The van der Waals surface area contributed by atoms with Gasteiger partial charge in [0, 0.05) is 31.8 Å². The number of nitrogens with zero attached hydrogens (tertiary/aromatic N) is 1. The van der Waals surface area contributed by atoms with Crippen LogP contribution in [0.25, 0.3) is 0 Å². The molecular formula is C12H15N3O4. The third kappa shape index (κ3) is 3.41. The largest absolute Gasteiger partial charge is 0.377 e. The van der Waals surface area contributed by atoms with E-state index in [4.69, 9.17) is 4.74 Å². The molecule has 1 aliphatic rings. The summed E-state index contributed by atoms with van der Waals surface area (Å²) in [6, 6.07) is 4.55. The zero-order chi connectivity index (χ0) is 13.8. The molecule has 0 spiro atoms. The highest BCUT2D eigenvalue weighted by molar-refractivity contribution is 5.89. The molecule has 0 saturated carbocycles. The molecule has 7 heteroatoms. The van der Waals surface area contributed by atoms with E-state index in [0.717, 1.165) is 13.0 Å². The molecule has 1 fully saturated rings. The lowest BCUT2D eigenvalue weighted by atomic mass is 10.2. The molecule has 102 valence electrons. The second kappa shape index (κ2) is 5.66. The van der Waals surface area contributed by atoms with E-state index in [1.54, 1.807) is 12.1 Å². The van der Waals surface area contributed by atoms with Gasteiger partial charge in [0.1, 0.15) is 5.69 Å². The maximum Gasteiger partial charge on any atom is 0.294 e. The SMILES string of the molecule is CC(=O)Nc1ccc(NCC2CCO2)c([N+](=O)[O-])c1. The van der Waals surface area contributed by atoms with Gasteiger partial charge in [-0.2, -0.15) is 0 Å². The number of carbonyl (C=O) groups excluding carboxylic acids is 1. The molecule has 1 unspecified atom stereocenters. The van der Waals surface area contributed by atoms with Crippen molar-refractivity contribution in [1.82, 2.24) is 0 Å². The number of ether oxygens (including phenoxy) is 1. The van der Waals surface area contributed by atoms with Crippen molar-refractivity contribution in [3.8, 4) is 0 Å². The van der Waals surface area contributed by atoms with Crippen LogP contribution in [0.3, 0.4) is 0 Å². The lowest BCUT2D eigenvalue weighted by molar-refractivity contribution is -0.383. The first-order chi connectivity index (χ1) is 9.06. The van der Waals surface area contributed by atoms with Crippen LogP contribution < -0.4 is 10.6 Å². The molecule has 7 nitrogen and oxygen atoms in total. The molecule has 0 radical (unpaired) electrons. The van der Waals surface area contributed by atoms with Crippen LogP contribution in [0.5, 0.6) is 0 Å². The van der Waals surface area contributed by atoms with Gasteiger partial charge in [-0.15, -0.1) is 0 Å². The van der Waals surface area contributed by atoms with E-state index in [1.807, 2.05) is 0 Å². The van der Waals surface area contributed by atoms with Crippen molar-refractivity contribution in [3.63, 3.8) is 0 Å². The first-order valence-electron chi connectivity index (χ1n) is 5.98. The standard InChI is InChI=1S/C12H15N3O4/c1-8(16)14-9-2-3-11(12(6-9)15(17)18)13-7-10-4-5-19-10/h2-3,6,10,13H,4-5,7H2,1H3,(H,14,16). The van der Waals surface area contributed by atoms with Crippen LogP contribution in [0.15, 0.2) is 18.2 Å². The number of nitro benzene ring substituents is 1. The Labute approximate surface area is 110 Å². The van der Waals surface area contributed by atoms with Gasteiger partial charge in [-0.1, -0.05) is 0 Å². The molecule has 19 heavy (non-hydrogen) atoms. The highest BCUT2D eigenvalue weighted by Gasteiger charge is 2.20. The van der Waals surface area contributed by atoms with Gasteiger partial charge in [-0.3, -0.25) is 14.9 Å². The minimum atomic E-state index is -0.477. The minimum Gasteiger partial charge on any atom is -0.377 e. The summed E-state index contributed by atoms with van der Waals surface area (Å²) < 4.78 is 5.24. The average Bonchev–Trinajstić information content (AvgIpc) is 2.27. The summed E-state index contributed by atoms with van der Waals surface area (Å²) in [6.07, 6.45) is 1.08. The number of nitro groups is 1. The predicted molar refractivity (Wildman–Crippen MR) is 70.2 cm³/mol. The van der Waals surface area contributed by atoms with Gasteiger partial charge in [-0.05, 0) is 18.6 Å². The van der Waals surface area contributed by atoms with E-state index in [9.17, 15) is 14.9 Å². The Bertz CT molecular complexity index is 500. The summed E-state index contributed by atoms with van der Waals surface area (Å²) in [5, 5.41) is 16.5. The van der Waals surface area contributed by atoms with Crippen molar-refractivity contribution in [1.29, 1.82) is 0 Å². The first-order valence-corrected chi connectivity index (χ1v) is 5.98. The van der Waals surface area contributed by atoms with Gasteiger partial charge < -0.3 is 15.4 Å². The number of anilines is 2. The predicted octanol–water partition coefficient (Wildman–Crippen LogP) is 1.75. The van der Waals surface area contributed by atoms with Gasteiger partial charge >= 0.3 is 0 Å². The highest BCUT2D eigenvalue weighted by Crippen LogP contribution is 2.28. The minimum absolute atomic E-state index is 0.0643. The van der Waals surface area contributed by atoms with Crippen molar-refractivity contribution < 1.29 is 14.5 Å². The van der Waals surface area contributed by atoms with Crippen molar-refractivity contribution in [2.45, 2.75) is 19.4 Å². The van der Waals surface area contributed by atoms with Crippen LogP contribution in [-0.2, 0) is 9.53 Å². The molecular weight excluding hydrogens is 250 g/mol. The number of nitrogens with one attached hydrogen (secondary N) is 2. The van der Waals surface area contributed by atoms with Crippen LogP contribution >= 0.6 is 0 Å². The van der Waals surface area contributed by atoms with E-state index in [2.05, 4.69) is 10.6 Å². The number of amides is 1. The monoisotopic (exact) mass is 265 g/mol. The van der Waals surface area contributed by atoms with Gasteiger partial charge in [0.05, 0.1) is 11.0 Å². The molecule has 0 bridgehead atoms. The van der Waals surface area contributed by atoms with Crippen LogP contribution in [0, 0.1) is 10.1 Å². The fourth-order valence-electron chi connectivity index (χ4n) is 1.78.